The second-order valence-electron chi connectivity index (χ2n) is 3.42. The van der Waals surface area contributed by atoms with Crippen LogP contribution < -0.4 is 0 Å². The Bertz CT molecular complexity index is 503. The van der Waals surface area contributed by atoms with Crippen LogP contribution in [0.4, 0.5) is 0 Å². The first-order valence-electron chi connectivity index (χ1n) is 4.88. The van der Waals surface area contributed by atoms with Crippen molar-refractivity contribution in [3.63, 3.8) is 0 Å². The Balaban J connectivity index is 2.51. The zero-order valence-electron chi connectivity index (χ0n) is 8.90. The molecule has 0 radical (unpaired) electrons. The molecule has 2 aromatic carbocycles. The normalized spacial score (nSPS) is 11.7. The predicted molar refractivity (Wildman–Crippen MR) is 63.2 cm³/mol. The highest BCUT2D eigenvalue weighted by Crippen LogP contribution is 2.16. The van der Waals surface area contributed by atoms with E-state index in [-0.39, 0.29) is 0 Å². The maximum Gasteiger partial charge on any atom is 0.106 e. The SMILES string of the molecule is CO/N=C(\C)c1ccc2ccccc2c1. The van der Waals surface area contributed by atoms with Gasteiger partial charge >= 0.3 is 0 Å². The molecule has 76 valence electrons. The van der Waals surface area contributed by atoms with Crippen molar-refractivity contribution < 1.29 is 4.84 Å². The Kier molecular flexibility index (Phi) is 2.68. The summed E-state index contributed by atoms with van der Waals surface area (Å²) in [5.74, 6) is 0. The standard InChI is InChI=1S/C13H13NO/c1-10(14-15-2)12-8-7-11-5-3-4-6-13(11)9-12/h3-9H,1-2H3/b14-10+. The summed E-state index contributed by atoms with van der Waals surface area (Å²) in [6, 6.07) is 14.5. The van der Waals surface area contributed by atoms with Gasteiger partial charge in [0.15, 0.2) is 0 Å². The van der Waals surface area contributed by atoms with Gasteiger partial charge in [0.1, 0.15) is 7.11 Å². The van der Waals surface area contributed by atoms with Crippen LogP contribution in [-0.2, 0) is 4.84 Å². The highest BCUT2D eigenvalue weighted by molar-refractivity contribution is 6.01. The van der Waals surface area contributed by atoms with E-state index in [1.807, 2.05) is 19.1 Å². The van der Waals surface area contributed by atoms with Crippen molar-refractivity contribution in [2.75, 3.05) is 7.11 Å². The van der Waals surface area contributed by atoms with Crippen molar-refractivity contribution in [3.8, 4) is 0 Å². The fraction of sp³-hybridized carbons (Fsp3) is 0.154. The maximum absolute atomic E-state index is 4.76. The molecular formula is C13H13NO. The number of nitrogens with zero attached hydrogens (tertiary/aromatic N) is 1. The van der Waals surface area contributed by atoms with Gasteiger partial charge in [0.05, 0.1) is 5.71 Å². The second-order valence-corrected chi connectivity index (χ2v) is 3.42. The van der Waals surface area contributed by atoms with Gasteiger partial charge in [-0.15, -0.1) is 0 Å². The van der Waals surface area contributed by atoms with Crippen LogP contribution in [0.15, 0.2) is 47.6 Å². The molecule has 0 aromatic heterocycles. The molecule has 0 saturated carbocycles. The molecule has 0 aliphatic carbocycles. The Morgan fingerprint density at radius 3 is 2.53 bits per heavy atom. The van der Waals surface area contributed by atoms with E-state index in [2.05, 4.69) is 35.5 Å². The summed E-state index contributed by atoms with van der Waals surface area (Å²) in [6.45, 7) is 1.94. The molecule has 0 fully saturated rings. The molecule has 0 heterocycles. The van der Waals surface area contributed by atoms with Gasteiger partial charge in [0.25, 0.3) is 0 Å². The highest BCUT2D eigenvalue weighted by Gasteiger charge is 1.99. The maximum atomic E-state index is 4.76. The molecule has 0 spiro atoms. The minimum atomic E-state index is 0.892. The molecule has 0 aliphatic heterocycles. The third-order valence-electron chi connectivity index (χ3n) is 2.40. The lowest BCUT2D eigenvalue weighted by molar-refractivity contribution is 0.213. The van der Waals surface area contributed by atoms with Gasteiger partial charge in [0, 0.05) is 0 Å². The summed E-state index contributed by atoms with van der Waals surface area (Å²) in [6.07, 6.45) is 0. The van der Waals surface area contributed by atoms with E-state index in [0.717, 1.165) is 11.3 Å². The number of hydrogen-bond acceptors (Lipinski definition) is 2. The van der Waals surface area contributed by atoms with Crippen LogP contribution >= 0.6 is 0 Å². The Hall–Kier alpha value is -1.83. The summed E-state index contributed by atoms with van der Waals surface area (Å²) in [4.78, 5) is 4.76. The average molecular weight is 199 g/mol. The Morgan fingerprint density at radius 1 is 1.07 bits per heavy atom. The lowest BCUT2D eigenvalue weighted by Gasteiger charge is -2.02. The van der Waals surface area contributed by atoms with Crippen LogP contribution in [-0.4, -0.2) is 12.8 Å². The molecule has 0 saturated heterocycles. The van der Waals surface area contributed by atoms with Crippen molar-refractivity contribution in [2.24, 2.45) is 5.16 Å². The average Bonchev–Trinajstić information content (AvgIpc) is 2.29. The van der Waals surface area contributed by atoms with E-state index < -0.39 is 0 Å². The van der Waals surface area contributed by atoms with Crippen LogP contribution in [0, 0.1) is 0 Å². The first kappa shape index (κ1) is 9.71. The third-order valence-corrected chi connectivity index (χ3v) is 2.40. The first-order chi connectivity index (χ1) is 7.31. The van der Waals surface area contributed by atoms with Crippen LogP contribution in [0.1, 0.15) is 12.5 Å². The Labute approximate surface area is 89.2 Å². The van der Waals surface area contributed by atoms with Gasteiger partial charge in [-0.3, -0.25) is 0 Å². The van der Waals surface area contributed by atoms with Gasteiger partial charge in [-0.25, -0.2) is 0 Å². The smallest absolute Gasteiger partial charge is 0.106 e. The molecular weight excluding hydrogens is 186 g/mol. The number of hydrogen-bond donors (Lipinski definition) is 0. The molecule has 0 amide bonds. The number of rotatable bonds is 2. The monoisotopic (exact) mass is 199 g/mol. The van der Waals surface area contributed by atoms with Gasteiger partial charge in [-0.1, -0.05) is 41.6 Å². The molecule has 0 atom stereocenters. The van der Waals surface area contributed by atoms with Gasteiger partial charge in [-0.05, 0) is 29.3 Å². The zero-order valence-corrected chi connectivity index (χ0v) is 8.90. The van der Waals surface area contributed by atoms with Crippen molar-refractivity contribution in [3.05, 3.63) is 48.0 Å². The van der Waals surface area contributed by atoms with E-state index in [4.69, 9.17) is 4.84 Å². The molecule has 0 aliphatic rings. The molecule has 0 N–H and O–H groups in total. The van der Waals surface area contributed by atoms with Crippen molar-refractivity contribution >= 4 is 16.5 Å². The molecule has 2 heteroatoms. The third kappa shape index (κ3) is 1.99. The molecule has 2 nitrogen and oxygen atoms in total. The largest absolute Gasteiger partial charge is 0.399 e. The summed E-state index contributed by atoms with van der Waals surface area (Å²) >= 11 is 0. The number of benzene rings is 2. The summed E-state index contributed by atoms with van der Waals surface area (Å²) in [5, 5.41) is 6.38. The highest BCUT2D eigenvalue weighted by atomic mass is 16.6. The van der Waals surface area contributed by atoms with Gasteiger partial charge < -0.3 is 4.84 Å². The molecule has 2 rings (SSSR count). The minimum absolute atomic E-state index is 0.892. The Morgan fingerprint density at radius 2 is 1.80 bits per heavy atom. The van der Waals surface area contributed by atoms with Crippen LogP contribution in [0.3, 0.4) is 0 Å². The van der Waals surface area contributed by atoms with Crippen molar-refractivity contribution in [1.82, 2.24) is 0 Å². The van der Waals surface area contributed by atoms with E-state index >= 15 is 0 Å². The summed E-state index contributed by atoms with van der Waals surface area (Å²) in [5.41, 5.74) is 1.99. The topological polar surface area (TPSA) is 21.6 Å². The van der Waals surface area contributed by atoms with E-state index in [1.54, 1.807) is 7.11 Å². The lowest BCUT2D eigenvalue weighted by Crippen LogP contribution is -1.94. The number of oxime groups is 1. The van der Waals surface area contributed by atoms with E-state index in [9.17, 15) is 0 Å². The molecule has 2 aromatic rings. The summed E-state index contributed by atoms with van der Waals surface area (Å²) < 4.78 is 0. The fourth-order valence-corrected chi connectivity index (χ4v) is 1.60. The molecule has 0 unspecified atom stereocenters. The second kappa shape index (κ2) is 4.13. The molecule has 0 bridgehead atoms. The first-order valence-corrected chi connectivity index (χ1v) is 4.88. The van der Waals surface area contributed by atoms with Gasteiger partial charge in [-0.2, -0.15) is 0 Å². The summed E-state index contributed by atoms with van der Waals surface area (Å²) in [7, 11) is 1.56. The van der Waals surface area contributed by atoms with Crippen molar-refractivity contribution in [1.29, 1.82) is 0 Å². The van der Waals surface area contributed by atoms with Crippen LogP contribution in [0.5, 0.6) is 0 Å². The van der Waals surface area contributed by atoms with Crippen LogP contribution in [0.2, 0.25) is 0 Å². The quantitative estimate of drug-likeness (QED) is 0.537. The fourth-order valence-electron chi connectivity index (χ4n) is 1.60. The van der Waals surface area contributed by atoms with Crippen molar-refractivity contribution in [2.45, 2.75) is 6.92 Å². The van der Waals surface area contributed by atoms with Crippen LogP contribution in [0.25, 0.3) is 10.8 Å². The number of fused-ring (bicyclic) bond motifs is 1. The van der Waals surface area contributed by atoms with E-state index in [0.29, 0.717) is 0 Å². The predicted octanol–water partition coefficient (Wildman–Crippen LogP) is 3.21. The zero-order chi connectivity index (χ0) is 10.7. The van der Waals surface area contributed by atoms with E-state index in [1.165, 1.54) is 10.8 Å². The van der Waals surface area contributed by atoms with Gasteiger partial charge in [0.2, 0.25) is 0 Å². The molecule has 15 heavy (non-hydrogen) atoms. The minimum Gasteiger partial charge on any atom is -0.399 e. The lowest BCUT2D eigenvalue weighted by atomic mass is 10.0.